The second-order valence-electron chi connectivity index (χ2n) is 3.88. The van der Waals surface area contributed by atoms with Gasteiger partial charge in [-0.2, -0.15) is 0 Å². The number of hydrogen-bond donors (Lipinski definition) is 1. The molecule has 0 atom stereocenters. The monoisotopic (exact) mass is 250 g/mol. The lowest BCUT2D eigenvalue weighted by Gasteiger charge is -2.13. The largest absolute Gasteiger partial charge is 0.545 e. The van der Waals surface area contributed by atoms with Gasteiger partial charge in [-0.15, -0.1) is 0 Å². The van der Waals surface area contributed by atoms with Crippen molar-refractivity contribution in [2.24, 2.45) is 0 Å². The van der Waals surface area contributed by atoms with E-state index in [2.05, 4.69) is 5.32 Å². The number of halogens is 1. The van der Waals surface area contributed by atoms with Gasteiger partial charge in [0.05, 0.1) is 5.97 Å². The molecule has 0 bridgehead atoms. The van der Waals surface area contributed by atoms with Gasteiger partial charge in [0.1, 0.15) is 5.82 Å². The molecule has 1 rings (SSSR count). The van der Waals surface area contributed by atoms with Gasteiger partial charge in [-0.05, 0) is 30.2 Å². The van der Waals surface area contributed by atoms with Crippen LogP contribution < -0.4 is 10.4 Å². The van der Waals surface area contributed by atoms with Crippen molar-refractivity contribution in [3.63, 3.8) is 0 Å². The molecular formula is C13H13FNO3-. The lowest BCUT2D eigenvalue weighted by Crippen LogP contribution is -2.30. The van der Waals surface area contributed by atoms with Crippen molar-refractivity contribution < 1.29 is 19.1 Å². The third-order valence-corrected chi connectivity index (χ3v) is 2.36. The number of hydrogen-bond acceptors (Lipinski definition) is 3. The van der Waals surface area contributed by atoms with E-state index in [0.717, 1.165) is 0 Å². The van der Waals surface area contributed by atoms with E-state index < -0.39 is 11.8 Å². The molecular weight excluding hydrogens is 237 g/mol. The Morgan fingerprint density at radius 2 is 1.78 bits per heavy atom. The van der Waals surface area contributed by atoms with Crippen LogP contribution >= 0.6 is 0 Å². The Hall–Kier alpha value is -2.17. The van der Waals surface area contributed by atoms with E-state index in [1.54, 1.807) is 0 Å². The van der Waals surface area contributed by atoms with Crippen LogP contribution in [0.5, 0.6) is 0 Å². The molecule has 96 valence electrons. The highest BCUT2D eigenvalue weighted by molar-refractivity contribution is 5.87. The molecule has 0 fully saturated rings. The van der Waals surface area contributed by atoms with Gasteiger partial charge in [0.2, 0.25) is 5.91 Å². The van der Waals surface area contributed by atoms with Gasteiger partial charge < -0.3 is 15.2 Å². The molecule has 0 aliphatic rings. The zero-order valence-electron chi connectivity index (χ0n) is 10.1. The van der Waals surface area contributed by atoms with Crippen molar-refractivity contribution in [1.82, 2.24) is 5.32 Å². The molecule has 1 amide bonds. The Morgan fingerprint density at radius 3 is 2.22 bits per heavy atom. The molecule has 0 aliphatic carbocycles. The maximum absolute atomic E-state index is 12.7. The van der Waals surface area contributed by atoms with Gasteiger partial charge in [0.15, 0.2) is 0 Å². The summed E-state index contributed by atoms with van der Waals surface area (Å²) in [4.78, 5) is 21.9. The summed E-state index contributed by atoms with van der Waals surface area (Å²) in [7, 11) is 0. The molecule has 0 saturated carbocycles. The first-order chi connectivity index (χ1) is 8.40. The van der Waals surface area contributed by atoms with Gasteiger partial charge in [-0.1, -0.05) is 12.1 Å². The Morgan fingerprint density at radius 1 is 1.22 bits per heavy atom. The summed E-state index contributed by atoms with van der Waals surface area (Å²) in [6, 6.07) is 5.46. The van der Waals surface area contributed by atoms with Crippen molar-refractivity contribution in [2.45, 2.75) is 20.3 Å². The number of allylic oxidation sites excluding steroid dienone is 1. The van der Waals surface area contributed by atoms with Crippen LogP contribution in [0.3, 0.4) is 0 Å². The van der Waals surface area contributed by atoms with E-state index in [9.17, 15) is 19.1 Å². The van der Waals surface area contributed by atoms with Crippen molar-refractivity contribution in [2.75, 3.05) is 0 Å². The maximum atomic E-state index is 12.7. The zero-order chi connectivity index (χ0) is 13.7. The minimum atomic E-state index is -1.36. The summed E-state index contributed by atoms with van der Waals surface area (Å²) in [5.74, 6) is -2.10. The number of nitrogens with one attached hydrogen (secondary N) is 1. The summed E-state index contributed by atoms with van der Waals surface area (Å²) in [6.45, 7) is 2.77. The lowest BCUT2D eigenvalue weighted by molar-refractivity contribution is -0.299. The maximum Gasteiger partial charge on any atom is 0.220 e. The highest BCUT2D eigenvalue weighted by atomic mass is 19.1. The average Bonchev–Trinajstić information content (AvgIpc) is 2.26. The van der Waals surface area contributed by atoms with E-state index in [-0.39, 0.29) is 23.6 Å². The van der Waals surface area contributed by atoms with Crippen LogP contribution in [0.25, 0.3) is 0 Å². The molecule has 5 heteroatoms. The topological polar surface area (TPSA) is 69.2 Å². The molecule has 1 aromatic carbocycles. The average molecular weight is 250 g/mol. The molecule has 4 nitrogen and oxygen atoms in total. The number of carboxylic acid groups (broad SMARTS) is 1. The summed E-state index contributed by atoms with van der Waals surface area (Å²) >= 11 is 0. The molecule has 0 heterocycles. The number of rotatable bonds is 4. The fourth-order valence-corrected chi connectivity index (χ4v) is 1.50. The highest BCUT2D eigenvalue weighted by Gasteiger charge is 2.07. The Balaban J connectivity index is 2.97. The Bertz CT molecular complexity index is 491. The van der Waals surface area contributed by atoms with Crippen molar-refractivity contribution in [3.05, 3.63) is 46.9 Å². The number of amides is 1. The molecule has 0 saturated heterocycles. The van der Waals surface area contributed by atoms with Crippen LogP contribution in [0.1, 0.15) is 19.4 Å². The molecule has 0 aliphatic heterocycles. The quantitative estimate of drug-likeness (QED) is 0.792. The molecule has 1 N–H and O–H groups in total. The first-order valence-electron chi connectivity index (χ1n) is 5.33. The number of carbonyl (C=O) groups is 2. The predicted molar refractivity (Wildman–Crippen MR) is 61.6 cm³/mol. The molecule has 18 heavy (non-hydrogen) atoms. The minimum absolute atomic E-state index is 0.0307. The number of aliphatic carboxylic acids is 1. The van der Waals surface area contributed by atoms with Gasteiger partial charge >= 0.3 is 0 Å². The first-order valence-corrected chi connectivity index (χ1v) is 5.33. The smallest absolute Gasteiger partial charge is 0.220 e. The van der Waals surface area contributed by atoms with Crippen molar-refractivity contribution in [3.8, 4) is 0 Å². The number of benzene rings is 1. The molecule has 0 aromatic heterocycles. The van der Waals surface area contributed by atoms with E-state index in [1.165, 1.54) is 38.1 Å². The van der Waals surface area contributed by atoms with E-state index >= 15 is 0 Å². The second kappa shape index (κ2) is 5.95. The van der Waals surface area contributed by atoms with Crippen molar-refractivity contribution in [1.29, 1.82) is 0 Å². The molecule has 0 unspecified atom stereocenters. The third kappa shape index (κ3) is 4.01. The Labute approximate surface area is 104 Å². The Kier molecular flexibility index (Phi) is 4.59. The minimum Gasteiger partial charge on any atom is -0.545 e. The SMILES string of the molecule is CC(=O)NC(C)=C(Cc1ccc(F)cc1)C(=O)[O-]. The summed E-state index contributed by atoms with van der Waals surface area (Å²) in [6.07, 6.45) is 0.0642. The predicted octanol–water partition coefficient (Wildman–Crippen LogP) is 0.528. The van der Waals surface area contributed by atoms with E-state index in [0.29, 0.717) is 5.56 Å². The van der Waals surface area contributed by atoms with Crippen molar-refractivity contribution >= 4 is 11.9 Å². The van der Waals surface area contributed by atoms with Crippen LogP contribution in [-0.2, 0) is 16.0 Å². The summed E-state index contributed by atoms with van der Waals surface area (Å²) < 4.78 is 12.7. The molecule has 1 aromatic rings. The highest BCUT2D eigenvalue weighted by Crippen LogP contribution is 2.11. The fourth-order valence-electron chi connectivity index (χ4n) is 1.50. The van der Waals surface area contributed by atoms with Gasteiger partial charge in [0, 0.05) is 19.0 Å². The van der Waals surface area contributed by atoms with Crippen LogP contribution in [0, 0.1) is 5.82 Å². The standard InChI is InChI=1S/C13H14FNO3/c1-8(15-9(2)16)12(13(17)18)7-10-3-5-11(14)6-4-10/h3-6H,7H2,1-2H3,(H,15,16)(H,17,18)/p-1. The van der Waals surface area contributed by atoms with Crippen LogP contribution in [0.2, 0.25) is 0 Å². The zero-order valence-corrected chi connectivity index (χ0v) is 10.1. The molecule has 0 radical (unpaired) electrons. The number of carboxylic acids is 1. The van der Waals surface area contributed by atoms with E-state index in [4.69, 9.17) is 0 Å². The number of carbonyl (C=O) groups excluding carboxylic acids is 2. The fraction of sp³-hybridized carbons (Fsp3) is 0.231. The normalized spacial score (nSPS) is 11.7. The summed E-state index contributed by atoms with van der Waals surface area (Å²) in [5, 5.41) is 13.4. The first kappa shape index (κ1) is 13.9. The third-order valence-electron chi connectivity index (χ3n) is 2.36. The van der Waals surface area contributed by atoms with Gasteiger partial charge in [0.25, 0.3) is 0 Å². The second-order valence-corrected chi connectivity index (χ2v) is 3.88. The van der Waals surface area contributed by atoms with Crippen LogP contribution in [0.15, 0.2) is 35.5 Å². The lowest BCUT2D eigenvalue weighted by atomic mass is 10.0. The van der Waals surface area contributed by atoms with Crippen LogP contribution in [-0.4, -0.2) is 11.9 Å². The van der Waals surface area contributed by atoms with Crippen LogP contribution in [0.4, 0.5) is 4.39 Å². The van der Waals surface area contributed by atoms with E-state index in [1.807, 2.05) is 0 Å². The van der Waals surface area contributed by atoms with Gasteiger partial charge in [-0.3, -0.25) is 4.79 Å². The molecule has 0 spiro atoms. The van der Waals surface area contributed by atoms with Gasteiger partial charge in [-0.25, -0.2) is 4.39 Å². The summed E-state index contributed by atoms with van der Waals surface area (Å²) in [5.41, 5.74) is 0.823.